The van der Waals surface area contributed by atoms with Gasteiger partial charge in [-0.15, -0.1) is 0 Å². The van der Waals surface area contributed by atoms with Crippen LogP contribution in [0.25, 0.3) is 0 Å². The minimum Gasteiger partial charge on any atom is -0.367 e. The lowest BCUT2D eigenvalue weighted by Gasteiger charge is -2.32. The lowest BCUT2D eigenvalue weighted by molar-refractivity contribution is -0.173. The van der Waals surface area contributed by atoms with Crippen molar-refractivity contribution in [2.24, 2.45) is 7.05 Å². The van der Waals surface area contributed by atoms with Gasteiger partial charge in [0, 0.05) is 44.0 Å². The van der Waals surface area contributed by atoms with Gasteiger partial charge in [0.25, 0.3) is 5.91 Å². The maximum absolute atomic E-state index is 13.5. The molecule has 0 radical (unpaired) electrons. The fourth-order valence-corrected chi connectivity index (χ4v) is 3.57. The highest BCUT2D eigenvalue weighted by Crippen LogP contribution is 2.40. The van der Waals surface area contributed by atoms with Gasteiger partial charge >= 0.3 is 6.18 Å². The lowest BCUT2D eigenvalue weighted by Crippen LogP contribution is -2.39. The Balaban J connectivity index is 1.86. The molecule has 10 heteroatoms. The maximum atomic E-state index is 13.5. The molecule has 0 aliphatic carbocycles. The number of rotatable bonds is 4. The Hall–Kier alpha value is -2.52. The molecule has 7 nitrogen and oxygen atoms in total. The molecule has 0 saturated heterocycles. The molecule has 2 aromatic rings. The number of alkyl halides is 3. The maximum Gasteiger partial charge on any atom is 0.410 e. The zero-order valence-electron chi connectivity index (χ0n) is 16.6. The number of nitrogens with one attached hydrogen (secondary N) is 1. The Labute approximate surface area is 161 Å². The third-order valence-corrected chi connectivity index (χ3v) is 5.38. The van der Waals surface area contributed by atoms with Gasteiger partial charge in [-0.3, -0.25) is 9.48 Å². The second-order valence-corrected chi connectivity index (χ2v) is 7.34. The molecular weight excluding hydrogens is 373 g/mol. The summed E-state index contributed by atoms with van der Waals surface area (Å²) in [5.74, 6) is -0.203. The fraction of sp³-hybridized carbons (Fsp3) is 0.611. The molecule has 1 aliphatic heterocycles. The largest absolute Gasteiger partial charge is 0.410 e. The number of nitrogens with zero attached hydrogens (tertiary/aromatic N) is 5. The van der Waals surface area contributed by atoms with Gasteiger partial charge in [-0.1, -0.05) is 6.92 Å². The summed E-state index contributed by atoms with van der Waals surface area (Å²) >= 11 is 0. The number of anilines is 1. The average Bonchev–Trinajstić information content (AvgIpc) is 3.15. The van der Waals surface area contributed by atoms with Crippen molar-refractivity contribution in [1.29, 1.82) is 0 Å². The summed E-state index contributed by atoms with van der Waals surface area (Å²) in [7, 11) is 3.43. The van der Waals surface area contributed by atoms with E-state index in [2.05, 4.69) is 15.5 Å². The van der Waals surface area contributed by atoms with Gasteiger partial charge in [-0.05, 0) is 26.7 Å². The van der Waals surface area contributed by atoms with Crippen LogP contribution in [-0.4, -0.2) is 49.6 Å². The van der Waals surface area contributed by atoms with E-state index < -0.39 is 18.1 Å². The Morgan fingerprint density at radius 1 is 1.36 bits per heavy atom. The van der Waals surface area contributed by atoms with E-state index in [1.165, 1.54) is 11.0 Å². The van der Waals surface area contributed by atoms with Gasteiger partial charge in [0.05, 0.1) is 5.69 Å². The van der Waals surface area contributed by atoms with Crippen molar-refractivity contribution in [2.45, 2.75) is 58.4 Å². The first-order valence-corrected chi connectivity index (χ1v) is 9.20. The normalized spacial score (nSPS) is 19.3. The van der Waals surface area contributed by atoms with E-state index >= 15 is 0 Å². The summed E-state index contributed by atoms with van der Waals surface area (Å²) in [6, 6.07) is -0.636. The second kappa shape index (κ2) is 7.14. The minimum absolute atomic E-state index is 0.00444. The van der Waals surface area contributed by atoms with E-state index in [1.807, 2.05) is 27.8 Å². The van der Waals surface area contributed by atoms with Crippen molar-refractivity contribution in [1.82, 2.24) is 24.5 Å². The van der Waals surface area contributed by atoms with E-state index in [4.69, 9.17) is 0 Å². The molecule has 28 heavy (non-hydrogen) atoms. The Bertz CT molecular complexity index is 885. The predicted octanol–water partition coefficient (Wildman–Crippen LogP) is 3.20. The second-order valence-electron chi connectivity index (χ2n) is 7.34. The van der Waals surface area contributed by atoms with Crippen LogP contribution < -0.4 is 5.32 Å². The molecular formula is C18H25F3N6O. The number of hydrogen-bond acceptors (Lipinski definition) is 4. The van der Waals surface area contributed by atoms with Gasteiger partial charge < -0.3 is 10.2 Å². The van der Waals surface area contributed by atoms with Gasteiger partial charge in [0.1, 0.15) is 5.82 Å². The number of aromatic nitrogens is 4. The molecule has 2 aromatic heterocycles. The molecule has 0 aromatic carbocycles. The van der Waals surface area contributed by atoms with Crippen LogP contribution in [-0.2, 0) is 13.6 Å². The zero-order chi connectivity index (χ0) is 20.8. The molecule has 0 spiro atoms. The number of amides is 1. The Kier molecular flexibility index (Phi) is 5.16. The number of fused-ring (bicyclic) bond motifs is 1. The van der Waals surface area contributed by atoms with Crippen molar-refractivity contribution in [3.05, 3.63) is 28.7 Å². The van der Waals surface area contributed by atoms with Crippen LogP contribution in [0.2, 0.25) is 0 Å². The number of aryl methyl sites for hydroxylation is 2. The van der Waals surface area contributed by atoms with Crippen LogP contribution in [0.4, 0.5) is 19.0 Å². The highest BCUT2D eigenvalue weighted by atomic mass is 19.4. The summed E-state index contributed by atoms with van der Waals surface area (Å²) in [5.41, 5.74) is 2.66. The van der Waals surface area contributed by atoms with Crippen LogP contribution >= 0.6 is 0 Å². The molecule has 0 unspecified atom stereocenters. The topological polar surface area (TPSA) is 68.0 Å². The van der Waals surface area contributed by atoms with E-state index in [-0.39, 0.29) is 24.0 Å². The SMILES string of the molecule is CC[C@@H]1C[C@H](C(F)(F)F)n2nc(C(=O)N(C)Cc3c(C)nn(C)c3C)cc2N1. The lowest BCUT2D eigenvalue weighted by atomic mass is 10.0. The number of halogens is 3. The number of carbonyl (C=O) groups is 1. The third-order valence-electron chi connectivity index (χ3n) is 5.38. The van der Waals surface area contributed by atoms with Gasteiger partial charge in [0.2, 0.25) is 0 Å². The average molecular weight is 398 g/mol. The van der Waals surface area contributed by atoms with E-state index in [0.717, 1.165) is 21.6 Å². The summed E-state index contributed by atoms with van der Waals surface area (Å²) in [6.07, 6.45) is -3.97. The van der Waals surface area contributed by atoms with Crippen molar-refractivity contribution >= 4 is 11.7 Å². The highest BCUT2D eigenvalue weighted by Gasteiger charge is 2.46. The minimum atomic E-state index is -4.42. The smallest absolute Gasteiger partial charge is 0.367 e. The number of carbonyl (C=O) groups excluding carboxylic acids is 1. The van der Waals surface area contributed by atoms with E-state index in [9.17, 15) is 18.0 Å². The zero-order valence-corrected chi connectivity index (χ0v) is 16.6. The Morgan fingerprint density at radius 2 is 2.04 bits per heavy atom. The van der Waals surface area contributed by atoms with E-state index in [0.29, 0.717) is 13.0 Å². The molecule has 1 amide bonds. The summed E-state index contributed by atoms with van der Waals surface area (Å²) < 4.78 is 43.1. The molecule has 0 bridgehead atoms. The summed E-state index contributed by atoms with van der Waals surface area (Å²) in [5, 5.41) is 11.4. The van der Waals surface area contributed by atoms with Crippen LogP contribution in [0.1, 0.15) is 53.2 Å². The van der Waals surface area contributed by atoms with Crippen molar-refractivity contribution < 1.29 is 18.0 Å². The molecule has 3 heterocycles. The first kappa shape index (κ1) is 20.2. The first-order valence-electron chi connectivity index (χ1n) is 9.20. The monoisotopic (exact) mass is 398 g/mol. The van der Waals surface area contributed by atoms with E-state index in [1.54, 1.807) is 11.7 Å². The van der Waals surface area contributed by atoms with Crippen LogP contribution in [0, 0.1) is 13.8 Å². The number of hydrogen-bond donors (Lipinski definition) is 1. The quantitative estimate of drug-likeness (QED) is 0.859. The molecule has 2 atom stereocenters. The molecule has 0 saturated carbocycles. The highest BCUT2D eigenvalue weighted by molar-refractivity contribution is 5.93. The summed E-state index contributed by atoms with van der Waals surface area (Å²) in [4.78, 5) is 14.3. The molecule has 1 N–H and O–H groups in total. The van der Waals surface area contributed by atoms with Crippen molar-refractivity contribution in [3.8, 4) is 0 Å². The van der Waals surface area contributed by atoms with Gasteiger partial charge in [0.15, 0.2) is 11.7 Å². The van der Waals surface area contributed by atoms with Gasteiger partial charge in [-0.2, -0.15) is 23.4 Å². The van der Waals surface area contributed by atoms with Crippen LogP contribution in [0.3, 0.4) is 0 Å². The van der Waals surface area contributed by atoms with Crippen LogP contribution in [0.15, 0.2) is 6.07 Å². The Morgan fingerprint density at radius 3 is 2.57 bits per heavy atom. The van der Waals surface area contributed by atoms with Crippen molar-refractivity contribution in [2.75, 3.05) is 12.4 Å². The standard InChI is InChI=1S/C18H25F3N6O/c1-6-12-7-15(18(19,20)21)27-16(22-12)8-14(24-27)17(28)25(4)9-13-10(2)23-26(5)11(13)3/h8,12,15,22H,6-7,9H2,1-5H3/t12-,15-/m1/s1. The summed E-state index contributed by atoms with van der Waals surface area (Å²) in [6.45, 7) is 5.90. The van der Waals surface area contributed by atoms with Crippen LogP contribution in [0.5, 0.6) is 0 Å². The van der Waals surface area contributed by atoms with Gasteiger partial charge in [-0.25, -0.2) is 4.68 Å². The predicted molar refractivity (Wildman–Crippen MR) is 98.1 cm³/mol. The molecule has 3 rings (SSSR count). The third kappa shape index (κ3) is 3.59. The van der Waals surface area contributed by atoms with Crippen molar-refractivity contribution in [3.63, 3.8) is 0 Å². The fourth-order valence-electron chi connectivity index (χ4n) is 3.57. The molecule has 154 valence electrons. The molecule has 0 fully saturated rings. The molecule has 1 aliphatic rings. The first-order chi connectivity index (χ1) is 13.0.